The third-order valence-electron chi connectivity index (χ3n) is 2.83. The van der Waals surface area contributed by atoms with Crippen LogP contribution < -0.4 is 0 Å². The zero-order valence-corrected chi connectivity index (χ0v) is 10.2. The van der Waals surface area contributed by atoms with Crippen LogP contribution in [0.5, 0.6) is 5.75 Å². The molecule has 0 bridgehead atoms. The Labute approximate surface area is 106 Å². The van der Waals surface area contributed by atoms with Crippen molar-refractivity contribution in [2.75, 3.05) is 0 Å². The van der Waals surface area contributed by atoms with Crippen molar-refractivity contribution in [3.05, 3.63) is 65.5 Å². The Morgan fingerprint density at radius 1 is 1.06 bits per heavy atom. The molecule has 0 aliphatic heterocycles. The summed E-state index contributed by atoms with van der Waals surface area (Å²) in [5.74, 6) is 0.0332. The molecule has 0 saturated heterocycles. The highest BCUT2D eigenvalue weighted by Crippen LogP contribution is 2.22. The Balaban J connectivity index is 2.33. The molecular weight excluding hydrogens is 227 g/mol. The first-order valence-corrected chi connectivity index (χ1v) is 5.94. The lowest BCUT2D eigenvalue weighted by atomic mass is 10.0. The van der Waals surface area contributed by atoms with Crippen LogP contribution in [0.25, 0.3) is 11.6 Å². The smallest absolute Gasteiger partial charge is 0.123 e. The highest BCUT2D eigenvalue weighted by Gasteiger charge is 2.00. The normalized spacial score (nSPS) is 11.6. The van der Waals surface area contributed by atoms with Gasteiger partial charge in [0.1, 0.15) is 11.6 Å². The van der Waals surface area contributed by atoms with E-state index in [1.165, 1.54) is 12.1 Å². The summed E-state index contributed by atoms with van der Waals surface area (Å²) < 4.78 is 12.9. The summed E-state index contributed by atoms with van der Waals surface area (Å²) in [5.41, 5.74) is 3.18. The molecule has 2 aromatic rings. The Hall–Kier alpha value is -2.09. The summed E-state index contributed by atoms with van der Waals surface area (Å²) in [6.45, 7) is 2.07. The Morgan fingerprint density at radius 2 is 1.67 bits per heavy atom. The van der Waals surface area contributed by atoms with Crippen LogP contribution in [0.2, 0.25) is 0 Å². The molecule has 0 heterocycles. The number of rotatable bonds is 3. The molecule has 0 aliphatic carbocycles. The molecule has 0 atom stereocenters. The van der Waals surface area contributed by atoms with Gasteiger partial charge in [-0.1, -0.05) is 37.3 Å². The predicted molar refractivity (Wildman–Crippen MR) is 72.7 cm³/mol. The van der Waals surface area contributed by atoms with Crippen LogP contribution in [0, 0.1) is 5.82 Å². The molecule has 0 radical (unpaired) electrons. The van der Waals surface area contributed by atoms with Gasteiger partial charge in [-0.2, -0.15) is 0 Å². The number of aromatic hydroxyl groups is 1. The summed E-state index contributed by atoms with van der Waals surface area (Å²) in [4.78, 5) is 0. The summed E-state index contributed by atoms with van der Waals surface area (Å²) in [5, 5.41) is 9.23. The number of hydrogen-bond acceptors (Lipinski definition) is 1. The van der Waals surface area contributed by atoms with Crippen LogP contribution in [0.3, 0.4) is 0 Å². The van der Waals surface area contributed by atoms with Crippen LogP contribution in [0.15, 0.2) is 48.5 Å². The largest absolute Gasteiger partial charge is 0.508 e. The summed E-state index contributed by atoms with van der Waals surface area (Å²) in [6, 6.07) is 13.5. The van der Waals surface area contributed by atoms with Crippen LogP contribution >= 0.6 is 0 Å². The van der Waals surface area contributed by atoms with Gasteiger partial charge in [0.2, 0.25) is 0 Å². The van der Waals surface area contributed by atoms with Gasteiger partial charge in [0.15, 0.2) is 0 Å². The second-order valence-electron chi connectivity index (χ2n) is 4.12. The van der Waals surface area contributed by atoms with Gasteiger partial charge >= 0.3 is 0 Å². The van der Waals surface area contributed by atoms with E-state index in [0.717, 1.165) is 23.1 Å². The van der Waals surface area contributed by atoms with E-state index in [9.17, 15) is 9.50 Å². The molecule has 0 aromatic heterocycles. The van der Waals surface area contributed by atoms with Gasteiger partial charge in [0.25, 0.3) is 0 Å². The molecule has 2 heteroatoms. The maximum absolute atomic E-state index is 12.9. The van der Waals surface area contributed by atoms with Crippen LogP contribution in [-0.4, -0.2) is 5.11 Å². The Morgan fingerprint density at radius 3 is 2.22 bits per heavy atom. The first-order chi connectivity index (χ1) is 8.69. The lowest BCUT2D eigenvalue weighted by Crippen LogP contribution is -1.84. The van der Waals surface area contributed by atoms with Crippen molar-refractivity contribution in [2.24, 2.45) is 0 Å². The molecule has 1 nitrogen and oxygen atoms in total. The average Bonchev–Trinajstić information content (AvgIpc) is 2.39. The molecule has 2 rings (SSSR count). The fourth-order valence-corrected chi connectivity index (χ4v) is 1.83. The van der Waals surface area contributed by atoms with E-state index < -0.39 is 0 Å². The predicted octanol–water partition coefficient (Wildman–Crippen LogP) is 4.48. The molecule has 92 valence electrons. The summed E-state index contributed by atoms with van der Waals surface area (Å²) >= 11 is 0. The third-order valence-corrected chi connectivity index (χ3v) is 2.83. The summed E-state index contributed by atoms with van der Waals surface area (Å²) in [7, 11) is 0. The minimum atomic E-state index is -0.223. The lowest BCUT2D eigenvalue weighted by molar-refractivity contribution is 0.475. The molecule has 0 fully saturated rings. The SMILES string of the molecule is CCC(=Cc1ccc(O)cc1)c1ccc(F)cc1. The molecule has 1 N–H and O–H groups in total. The van der Waals surface area contributed by atoms with Gasteiger partial charge in [-0.15, -0.1) is 0 Å². The Kier molecular flexibility index (Phi) is 3.78. The van der Waals surface area contributed by atoms with Crippen LogP contribution in [-0.2, 0) is 0 Å². The number of phenolic OH excluding ortho intramolecular Hbond substituents is 1. The highest BCUT2D eigenvalue weighted by molar-refractivity contribution is 5.81. The minimum Gasteiger partial charge on any atom is -0.508 e. The standard InChI is InChI=1S/C16H15FO/c1-2-13(14-5-7-15(17)8-6-14)11-12-3-9-16(18)10-4-12/h3-11,18H,2H2,1H3. The van der Waals surface area contributed by atoms with Gasteiger partial charge in [0, 0.05) is 0 Å². The van der Waals surface area contributed by atoms with E-state index in [0.29, 0.717) is 0 Å². The molecule has 2 aromatic carbocycles. The lowest BCUT2D eigenvalue weighted by Gasteiger charge is -2.05. The zero-order valence-electron chi connectivity index (χ0n) is 10.2. The molecule has 0 spiro atoms. The van der Waals surface area contributed by atoms with Gasteiger partial charge < -0.3 is 5.11 Å². The van der Waals surface area contributed by atoms with E-state index in [-0.39, 0.29) is 11.6 Å². The van der Waals surface area contributed by atoms with Crippen molar-refractivity contribution < 1.29 is 9.50 Å². The summed E-state index contributed by atoms with van der Waals surface area (Å²) in [6.07, 6.45) is 2.92. The van der Waals surface area contributed by atoms with Crippen molar-refractivity contribution in [3.63, 3.8) is 0 Å². The fourth-order valence-electron chi connectivity index (χ4n) is 1.83. The first kappa shape index (κ1) is 12.4. The molecule has 0 unspecified atom stereocenters. The molecule has 18 heavy (non-hydrogen) atoms. The number of halogens is 1. The number of benzene rings is 2. The quantitative estimate of drug-likeness (QED) is 0.787. The third kappa shape index (κ3) is 2.98. The maximum Gasteiger partial charge on any atom is 0.123 e. The topological polar surface area (TPSA) is 20.2 Å². The first-order valence-electron chi connectivity index (χ1n) is 5.94. The van der Waals surface area contributed by atoms with E-state index in [4.69, 9.17) is 0 Å². The van der Waals surface area contributed by atoms with Crippen molar-refractivity contribution in [1.29, 1.82) is 0 Å². The van der Waals surface area contributed by atoms with Crippen molar-refractivity contribution in [2.45, 2.75) is 13.3 Å². The number of phenols is 1. The molecular formula is C16H15FO. The number of hydrogen-bond donors (Lipinski definition) is 1. The molecule has 0 aliphatic rings. The second kappa shape index (κ2) is 5.50. The number of allylic oxidation sites excluding steroid dienone is 1. The van der Waals surface area contributed by atoms with Crippen molar-refractivity contribution >= 4 is 11.6 Å². The van der Waals surface area contributed by atoms with Crippen LogP contribution in [0.1, 0.15) is 24.5 Å². The van der Waals surface area contributed by atoms with Gasteiger partial charge in [-0.25, -0.2) is 4.39 Å². The molecule has 0 saturated carbocycles. The molecule has 0 amide bonds. The van der Waals surface area contributed by atoms with Crippen molar-refractivity contribution in [3.8, 4) is 5.75 Å². The second-order valence-corrected chi connectivity index (χ2v) is 4.12. The fraction of sp³-hybridized carbons (Fsp3) is 0.125. The van der Waals surface area contributed by atoms with Gasteiger partial charge in [-0.05, 0) is 47.4 Å². The van der Waals surface area contributed by atoms with Gasteiger partial charge in [-0.3, -0.25) is 0 Å². The van der Waals surface area contributed by atoms with Crippen molar-refractivity contribution in [1.82, 2.24) is 0 Å². The van der Waals surface area contributed by atoms with E-state index in [2.05, 4.69) is 6.92 Å². The van der Waals surface area contributed by atoms with E-state index in [1.807, 2.05) is 18.2 Å². The van der Waals surface area contributed by atoms with E-state index >= 15 is 0 Å². The van der Waals surface area contributed by atoms with Crippen LogP contribution in [0.4, 0.5) is 4.39 Å². The average molecular weight is 242 g/mol. The van der Waals surface area contributed by atoms with Gasteiger partial charge in [0.05, 0.1) is 0 Å². The minimum absolute atomic E-state index is 0.223. The van der Waals surface area contributed by atoms with E-state index in [1.54, 1.807) is 24.3 Å². The highest BCUT2D eigenvalue weighted by atomic mass is 19.1. The monoisotopic (exact) mass is 242 g/mol. The zero-order chi connectivity index (χ0) is 13.0. The Bertz CT molecular complexity index is 538. The maximum atomic E-state index is 12.9.